The topological polar surface area (TPSA) is 167 Å². The van der Waals surface area contributed by atoms with Crippen LogP contribution in [0.3, 0.4) is 0 Å². The number of rotatable bonds is 22. The molecule has 0 saturated carbocycles. The molecule has 18 heteroatoms. The Kier molecular flexibility index (Phi) is 28.1. The lowest BCUT2D eigenvalue weighted by atomic mass is 9.97. The second-order valence-electron chi connectivity index (χ2n) is 27.6. The van der Waals surface area contributed by atoms with Gasteiger partial charge in [0.15, 0.2) is 24.0 Å². The molecular weight excluding hydrogens is 1060 g/mol. The zero-order valence-electron chi connectivity index (χ0n) is 52.4. The zero-order valence-corrected chi connectivity index (χ0v) is 56.1. The fourth-order valence-electron chi connectivity index (χ4n) is 7.37. The van der Waals surface area contributed by atoms with Gasteiger partial charge in [-0.15, -0.1) is 0 Å². The Balaban J connectivity index is 0.000000494. The van der Waals surface area contributed by atoms with Crippen LogP contribution >= 0.6 is 11.1 Å². The Hall–Kier alpha value is -2.08. The van der Waals surface area contributed by atoms with Crippen LogP contribution in [-0.2, 0) is 69.5 Å². The van der Waals surface area contributed by atoms with Crippen LogP contribution in [0.2, 0.25) is 54.4 Å². The number of hydrogen-bond donors (Lipinski definition) is 2. The van der Waals surface area contributed by atoms with Crippen molar-refractivity contribution < 1.29 is 66.5 Å². The first-order valence-corrected chi connectivity index (χ1v) is 37.7. The van der Waals surface area contributed by atoms with Crippen molar-refractivity contribution in [3.05, 3.63) is 71.8 Å². The van der Waals surface area contributed by atoms with Crippen molar-refractivity contribution in [2.75, 3.05) is 40.6 Å². The van der Waals surface area contributed by atoms with E-state index in [1.807, 2.05) is 81.4 Å². The highest BCUT2D eigenvalue weighted by Gasteiger charge is 2.50. The highest BCUT2D eigenvalue weighted by Crippen LogP contribution is 2.42. The Morgan fingerprint density at radius 2 is 0.923 bits per heavy atom. The van der Waals surface area contributed by atoms with Crippen molar-refractivity contribution in [2.45, 2.75) is 245 Å². The molecule has 0 radical (unpaired) electrons. The van der Waals surface area contributed by atoms with Gasteiger partial charge in [-0.2, -0.15) is 11.1 Å². The minimum absolute atomic E-state index is 0.0289. The van der Waals surface area contributed by atoms with E-state index in [0.29, 0.717) is 31.3 Å². The van der Waals surface area contributed by atoms with Crippen LogP contribution in [-0.4, -0.2) is 148 Å². The van der Waals surface area contributed by atoms with E-state index in [9.17, 15) is 14.7 Å². The Labute approximate surface area is 479 Å². The monoisotopic (exact) mass is 1170 g/mol. The van der Waals surface area contributed by atoms with Gasteiger partial charge in [-0.1, -0.05) is 136 Å². The summed E-state index contributed by atoms with van der Waals surface area (Å²) < 4.78 is 61.7. The van der Waals surface area contributed by atoms with Crippen molar-refractivity contribution in [2.24, 2.45) is 10.8 Å². The van der Waals surface area contributed by atoms with Gasteiger partial charge in [0.2, 0.25) is 0 Å². The van der Waals surface area contributed by atoms with Crippen LogP contribution in [0.4, 0.5) is 0 Å². The molecule has 0 aliphatic carbocycles. The van der Waals surface area contributed by atoms with Crippen LogP contribution in [0.5, 0.6) is 0 Å². The number of esters is 2. The molecular formula is C60H107ClO14Si3. The molecule has 2 aromatic rings. The van der Waals surface area contributed by atoms with Gasteiger partial charge in [-0.3, -0.25) is 9.59 Å². The molecule has 4 rings (SSSR count). The van der Waals surface area contributed by atoms with Crippen molar-refractivity contribution in [3.63, 3.8) is 0 Å². The third kappa shape index (κ3) is 23.3. The lowest BCUT2D eigenvalue weighted by Crippen LogP contribution is -2.49. The molecule has 0 amide bonds. The lowest BCUT2D eigenvalue weighted by molar-refractivity contribution is -0.160. The van der Waals surface area contributed by atoms with Crippen molar-refractivity contribution in [1.82, 2.24) is 0 Å². The number of methoxy groups -OCH3 is 2. The quantitative estimate of drug-likeness (QED) is 0.0649. The number of carbonyl (C=O) groups excluding carboxylic acids is 2. The van der Waals surface area contributed by atoms with E-state index in [1.165, 1.54) is 0 Å². The first-order chi connectivity index (χ1) is 35.6. The molecule has 2 N–H and O–H groups in total. The van der Waals surface area contributed by atoms with E-state index in [4.69, 9.17) is 62.9 Å². The number of aliphatic hydroxyl groups excluding tert-OH is 2. The van der Waals surface area contributed by atoms with Crippen LogP contribution in [0.1, 0.15) is 128 Å². The summed E-state index contributed by atoms with van der Waals surface area (Å²) in [5.74, 6) is -0.599. The first kappa shape index (κ1) is 72.0. The van der Waals surface area contributed by atoms with Crippen LogP contribution < -0.4 is 0 Å². The van der Waals surface area contributed by atoms with E-state index in [2.05, 4.69) is 102 Å². The molecule has 2 aromatic carbocycles. The summed E-state index contributed by atoms with van der Waals surface area (Å²) in [6.45, 7) is 45.5. The molecule has 2 aliphatic rings. The predicted octanol–water partition coefficient (Wildman–Crippen LogP) is 12.7. The fraction of sp³-hybridized carbons (Fsp3) is 0.767. The second-order valence-corrected chi connectivity index (χ2v) is 44.5. The molecule has 0 aromatic heterocycles. The smallest absolute Gasteiger partial charge is 0.311 e. The Morgan fingerprint density at radius 3 is 1.23 bits per heavy atom. The average Bonchev–Trinajstić information content (AvgIpc) is 3.83. The molecule has 0 spiro atoms. The third-order valence-corrected chi connectivity index (χ3v) is 29.9. The van der Waals surface area contributed by atoms with E-state index < -0.39 is 77.6 Å². The normalized spacial score (nSPS) is 23.4. The molecule has 450 valence electrons. The molecule has 10 atom stereocenters. The van der Waals surface area contributed by atoms with Crippen molar-refractivity contribution in [3.8, 4) is 0 Å². The van der Waals surface area contributed by atoms with Gasteiger partial charge < -0.3 is 57.0 Å². The largest absolute Gasteiger partial charge is 0.462 e. The van der Waals surface area contributed by atoms with Crippen molar-refractivity contribution >= 4 is 47.0 Å². The van der Waals surface area contributed by atoms with Gasteiger partial charge in [0.25, 0.3) is 0 Å². The van der Waals surface area contributed by atoms with Gasteiger partial charge in [-0.25, -0.2) is 0 Å². The number of carbonyl (C=O) groups is 2. The minimum atomic E-state index is -2.12. The maximum absolute atomic E-state index is 12.7. The summed E-state index contributed by atoms with van der Waals surface area (Å²) in [6.07, 6.45) is -3.80. The highest BCUT2D eigenvalue weighted by atomic mass is 35.6. The lowest BCUT2D eigenvalue weighted by Gasteiger charge is -2.42. The number of benzene rings is 2. The summed E-state index contributed by atoms with van der Waals surface area (Å²) in [5, 5.41) is 19.5. The molecule has 2 aliphatic heterocycles. The molecule has 14 nitrogen and oxygen atoms in total. The van der Waals surface area contributed by atoms with Gasteiger partial charge >= 0.3 is 11.9 Å². The molecule has 0 unspecified atom stereocenters. The maximum Gasteiger partial charge on any atom is 0.311 e. The van der Waals surface area contributed by atoms with E-state index >= 15 is 0 Å². The summed E-state index contributed by atoms with van der Waals surface area (Å²) in [4.78, 5) is 24.8. The summed E-state index contributed by atoms with van der Waals surface area (Å²) in [6, 6.07) is 19.7. The SMILES string of the molecule is CC(C)(C)[Si](C)(C)Cl.CO[C@@H]1[C@@H](OCc2ccccc2)[C@H](COC(=O)C(C)(C)C)O[C@@H]1C[C@@H](CO[Si](C)(C)C(C)(C)C)O[Si](C)(C)C(C)(C)C.CO[C@@H]1[C@@H](OCc2ccccc2)[C@H](COC(=O)C(C)(C)C)O[C@@H]1C[C@H](O)CO. The number of aliphatic hydroxyl groups is 2. The zero-order chi connectivity index (χ0) is 59.9. The van der Waals surface area contributed by atoms with Crippen LogP contribution in [0.25, 0.3) is 0 Å². The fourth-order valence-corrected chi connectivity index (χ4v) is 9.76. The van der Waals surface area contributed by atoms with Gasteiger partial charge in [0.05, 0.1) is 61.7 Å². The third-order valence-electron chi connectivity index (χ3n) is 15.6. The molecule has 2 fully saturated rings. The van der Waals surface area contributed by atoms with Gasteiger partial charge in [-0.05, 0) is 94.0 Å². The molecule has 0 bridgehead atoms. The summed E-state index contributed by atoms with van der Waals surface area (Å²) in [5.41, 5.74) is 0.832. The van der Waals surface area contributed by atoms with Crippen LogP contribution in [0, 0.1) is 10.8 Å². The Bertz CT molecular complexity index is 2030. The predicted molar refractivity (Wildman–Crippen MR) is 320 cm³/mol. The van der Waals surface area contributed by atoms with Gasteiger partial charge in [0.1, 0.15) is 49.8 Å². The molecule has 78 heavy (non-hydrogen) atoms. The van der Waals surface area contributed by atoms with E-state index in [0.717, 1.165) is 11.1 Å². The minimum Gasteiger partial charge on any atom is -0.462 e. The number of halogens is 1. The summed E-state index contributed by atoms with van der Waals surface area (Å²) in [7, 11) is -2.27. The van der Waals surface area contributed by atoms with E-state index in [1.54, 1.807) is 35.0 Å². The molecule has 2 heterocycles. The van der Waals surface area contributed by atoms with E-state index in [-0.39, 0.29) is 66.6 Å². The summed E-state index contributed by atoms with van der Waals surface area (Å²) >= 11 is 6.15. The standard InChI is InChI=1S/C33H60O7Si2.C21H32O7.C6H15ClSi/c1-31(2,3)30(34)37-23-27-29(36-21-24-18-16-15-17-19-24)28(35-10)26(39-27)20-25(40-42(13,14)33(7,8)9)22-38-41(11,12)32(4,5)6;1-21(2,3)20(24)27-13-17-19(26-12-14-8-6-5-7-9-14)18(25-4)16(28-17)10-15(23)11-22;1-6(2,3)8(4,5)7/h15-19,25-29H,20-23H2,1-14H3;5-9,15-19,22-23H,10-13H2,1-4H3;1-5H3/t25-,26+,27-,28-,29-;15-,16+,17-,18-,19-;/m00./s1. The van der Waals surface area contributed by atoms with Gasteiger partial charge in [0, 0.05) is 27.1 Å². The number of ether oxygens (including phenoxy) is 8. The second kappa shape index (κ2) is 30.5. The highest BCUT2D eigenvalue weighted by molar-refractivity contribution is 7.20. The number of hydrogen-bond acceptors (Lipinski definition) is 14. The Morgan fingerprint density at radius 1 is 0.564 bits per heavy atom. The van der Waals surface area contributed by atoms with Crippen molar-refractivity contribution in [1.29, 1.82) is 0 Å². The van der Waals surface area contributed by atoms with Crippen LogP contribution in [0.15, 0.2) is 60.7 Å². The average molecular weight is 1170 g/mol. The molecule has 2 saturated heterocycles. The first-order valence-electron chi connectivity index (χ1n) is 27.9. The maximum atomic E-state index is 12.7.